The minimum Gasteiger partial charge on any atom is -0.493 e. The molecule has 0 aliphatic rings. The first kappa shape index (κ1) is 17.8. The molecular weight excluding hydrogens is 378 g/mol. The van der Waals surface area contributed by atoms with Crippen molar-refractivity contribution in [3.63, 3.8) is 0 Å². The lowest BCUT2D eigenvalue weighted by molar-refractivity contribution is -0.385. The quantitative estimate of drug-likeness (QED) is 0.408. The molecule has 7 heteroatoms. The Kier molecular flexibility index (Phi) is 5.81. The minimum atomic E-state index is -0.479. The number of ether oxygens (including phenoxy) is 3. The second-order valence-electron chi connectivity index (χ2n) is 4.72. The lowest BCUT2D eigenvalue weighted by atomic mass is 10.1. The Morgan fingerprint density at radius 1 is 1.00 bits per heavy atom. The van der Waals surface area contributed by atoms with Crippen LogP contribution in [0.5, 0.6) is 17.2 Å². The van der Waals surface area contributed by atoms with Gasteiger partial charge in [0.15, 0.2) is 11.5 Å². The first-order valence-corrected chi connectivity index (χ1v) is 7.72. The van der Waals surface area contributed by atoms with Gasteiger partial charge in [-0.1, -0.05) is 40.2 Å². The summed E-state index contributed by atoms with van der Waals surface area (Å²) in [4.78, 5) is 10.7. The monoisotopic (exact) mass is 393 g/mol. The smallest absolute Gasteiger partial charge is 0.312 e. The molecule has 0 unspecified atom stereocenters. The fourth-order valence-corrected chi connectivity index (χ4v) is 2.77. The maximum atomic E-state index is 11.2. The van der Waals surface area contributed by atoms with Crippen LogP contribution in [0, 0.1) is 10.1 Å². The van der Waals surface area contributed by atoms with Crippen molar-refractivity contribution in [1.29, 1.82) is 0 Å². The highest BCUT2D eigenvalue weighted by molar-refractivity contribution is 9.10. The van der Waals surface area contributed by atoms with E-state index in [2.05, 4.69) is 15.9 Å². The van der Waals surface area contributed by atoms with Gasteiger partial charge in [0, 0.05) is 21.7 Å². The molecule has 0 aliphatic heterocycles. The molecule has 24 heavy (non-hydrogen) atoms. The van der Waals surface area contributed by atoms with Crippen LogP contribution in [0.1, 0.15) is 11.1 Å². The Balaban J connectivity index is 2.52. The van der Waals surface area contributed by atoms with E-state index in [4.69, 9.17) is 14.2 Å². The minimum absolute atomic E-state index is 0.107. The van der Waals surface area contributed by atoms with Gasteiger partial charge < -0.3 is 14.2 Å². The molecule has 0 N–H and O–H groups in total. The van der Waals surface area contributed by atoms with Gasteiger partial charge in [0.1, 0.15) is 0 Å². The molecule has 0 radical (unpaired) electrons. The van der Waals surface area contributed by atoms with E-state index in [9.17, 15) is 10.1 Å². The molecule has 0 heterocycles. The number of nitro benzene ring substituents is 1. The number of rotatable bonds is 6. The Morgan fingerprint density at radius 3 is 2.25 bits per heavy atom. The Hall–Kier alpha value is -2.54. The number of halogens is 1. The molecule has 0 aliphatic carbocycles. The van der Waals surface area contributed by atoms with Crippen LogP contribution in [0.2, 0.25) is 0 Å². The second-order valence-corrected chi connectivity index (χ2v) is 5.64. The molecule has 0 saturated carbocycles. The molecule has 0 amide bonds. The number of methoxy groups -OCH3 is 3. The number of nitrogens with zero attached hydrogens (tertiary/aromatic N) is 1. The summed E-state index contributed by atoms with van der Waals surface area (Å²) in [7, 11) is 4.52. The fourth-order valence-electron chi connectivity index (χ4n) is 2.30. The third-order valence-electron chi connectivity index (χ3n) is 3.34. The van der Waals surface area contributed by atoms with Gasteiger partial charge in [0.2, 0.25) is 5.75 Å². The number of benzene rings is 2. The molecule has 2 aromatic carbocycles. The summed E-state index contributed by atoms with van der Waals surface area (Å²) < 4.78 is 16.4. The van der Waals surface area contributed by atoms with Gasteiger partial charge in [-0.2, -0.15) is 0 Å². The fraction of sp³-hybridized carbons (Fsp3) is 0.176. The predicted octanol–water partition coefficient (Wildman–Crippen LogP) is 4.55. The van der Waals surface area contributed by atoms with Crippen LogP contribution >= 0.6 is 15.9 Å². The van der Waals surface area contributed by atoms with Gasteiger partial charge in [-0.05, 0) is 12.1 Å². The Bertz CT molecular complexity index is 789. The zero-order valence-electron chi connectivity index (χ0n) is 13.4. The number of hydrogen-bond donors (Lipinski definition) is 0. The summed E-state index contributed by atoms with van der Waals surface area (Å²) in [5.74, 6) is 1.38. The number of nitro groups is 1. The Morgan fingerprint density at radius 2 is 1.67 bits per heavy atom. The highest BCUT2D eigenvalue weighted by Crippen LogP contribution is 2.37. The number of hydrogen-bond acceptors (Lipinski definition) is 5. The first-order valence-electron chi connectivity index (χ1n) is 6.92. The largest absolute Gasteiger partial charge is 0.493 e. The molecule has 0 bridgehead atoms. The van der Waals surface area contributed by atoms with Crippen molar-refractivity contribution in [1.82, 2.24) is 0 Å². The van der Waals surface area contributed by atoms with Crippen LogP contribution < -0.4 is 14.2 Å². The van der Waals surface area contributed by atoms with Crippen LogP contribution in [-0.4, -0.2) is 26.3 Å². The average Bonchev–Trinajstić information content (AvgIpc) is 2.58. The molecule has 0 aromatic heterocycles. The van der Waals surface area contributed by atoms with Gasteiger partial charge in [-0.3, -0.25) is 10.1 Å². The highest BCUT2D eigenvalue weighted by Gasteiger charge is 2.19. The summed E-state index contributed by atoms with van der Waals surface area (Å²) >= 11 is 3.28. The predicted molar refractivity (Wildman–Crippen MR) is 95.8 cm³/mol. The summed E-state index contributed by atoms with van der Waals surface area (Å²) in [5, 5.41) is 11.2. The van der Waals surface area contributed by atoms with Crippen molar-refractivity contribution in [2.75, 3.05) is 21.3 Å². The third-order valence-corrected chi connectivity index (χ3v) is 3.80. The van der Waals surface area contributed by atoms with Gasteiger partial charge >= 0.3 is 5.69 Å². The van der Waals surface area contributed by atoms with E-state index in [0.717, 1.165) is 5.56 Å². The van der Waals surface area contributed by atoms with E-state index in [0.29, 0.717) is 21.5 Å². The average molecular weight is 394 g/mol. The van der Waals surface area contributed by atoms with Crippen molar-refractivity contribution in [2.45, 2.75) is 0 Å². The van der Waals surface area contributed by atoms with Gasteiger partial charge in [0.05, 0.1) is 26.3 Å². The topological polar surface area (TPSA) is 70.8 Å². The molecule has 0 fully saturated rings. The third kappa shape index (κ3) is 3.68. The van der Waals surface area contributed by atoms with E-state index >= 15 is 0 Å². The first-order chi connectivity index (χ1) is 11.5. The molecule has 0 spiro atoms. The van der Waals surface area contributed by atoms with Crippen LogP contribution in [0.4, 0.5) is 5.69 Å². The summed E-state index contributed by atoms with van der Waals surface area (Å²) in [6.45, 7) is 0. The van der Waals surface area contributed by atoms with E-state index in [1.807, 2.05) is 12.1 Å². The van der Waals surface area contributed by atoms with Crippen molar-refractivity contribution in [2.24, 2.45) is 0 Å². The lowest BCUT2D eigenvalue weighted by Gasteiger charge is -2.10. The molecule has 2 aromatic rings. The molecule has 126 valence electrons. The highest BCUT2D eigenvalue weighted by atomic mass is 79.9. The van der Waals surface area contributed by atoms with Crippen LogP contribution in [0.25, 0.3) is 12.2 Å². The van der Waals surface area contributed by atoms with Gasteiger partial charge in [-0.25, -0.2) is 0 Å². The van der Waals surface area contributed by atoms with Crippen molar-refractivity contribution >= 4 is 33.8 Å². The molecule has 6 nitrogen and oxygen atoms in total. The van der Waals surface area contributed by atoms with Crippen LogP contribution in [0.15, 0.2) is 34.8 Å². The lowest BCUT2D eigenvalue weighted by Crippen LogP contribution is -1.96. The zero-order valence-corrected chi connectivity index (χ0v) is 15.0. The van der Waals surface area contributed by atoms with E-state index < -0.39 is 4.92 Å². The summed E-state index contributed by atoms with van der Waals surface area (Å²) in [6.07, 6.45) is 3.52. The number of para-hydroxylation sites is 1. The summed E-state index contributed by atoms with van der Waals surface area (Å²) in [5.41, 5.74) is 1.24. The van der Waals surface area contributed by atoms with E-state index in [1.165, 1.54) is 13.2 Å². The summed E-state index contributed by atoms with van der Waals surface area (Å²) in [6, 6.07) is 8.64. The SMILES string of the molecule is COc1cccc(/C=C/c2cc(Br)cc([N+](=O)[O-])c2OC)c1OC. The molecule has 0 atom stereocenters. The van der Waals surface area contributed by atoms with Crippen molar-refractivity contribution in [3.8, 4) is 17.2 Å². The Labute approximate surface area is 147 Å². The molecule has 0 saturated heterocycles. The van der Waals surface area contributed by atoms with Crippen molar-refractivity contribution < 1.29 is 19.1 Å². The van der Waals surface area contributed by atoms with E-state index in [1.54, 1.807) is 38.5 Å². The van der Waals surface area contributed by atoms with E-state index in [-0.39, 0.29) is 11.4 Å². The van der Waals surface area contributed by atoms with Crippen molar-refractivity contribution in [3.05, 3.63) is 56.0 Å². The molecular formula is C17H16BrNO5. The van der Waals surface area contributed by atoms with Crippen LogP contribution in [-0.2, 0) is 0 Å². The maximum absolute atomic E-state index is 11.2. The standard InChI is InChI=1S/C17H16BrNO5/c1-22-15-6-4-5-11(17(15)24-3)7-8-12-9-13(18)10-14(19(20)21)16(12)23-2/h4-10H,1-3H3/b8-7+. The zero-order chi connectivity index (χ0) is 17.7. The second kappa shape index (κ2) is 7.83. The molecule has 2 rings (SSSR count). The normalized spacial score (nSPS) is 10.7. The van der Waals surface area contributed by atoms with Gasteiger partial charge in [-0.15, -0.1) is 0 Å². The maximum Gasteiger partial charge on any atom is 0.312 e. The van der Waals surface area contributed by atoms with Gasteiger partial charge in [0.25, 0.3) is 0 Å². The van der Waals surface area contributed by atoms with Crippen LogP contribution in [0.3, 0.4) is 0 Å².